The molecule has 1 nitrogen and oxygen atoms in total. The minimum atomic E-state index is 0.131. The molecule has 0 aromatic heterocycles. The first-order valence-corrected chi connectivity index (χ1v) is 8.43. The van der Waals surface area contributed by atoms with Crippen molar-refractivity contribution < 1.29 is 0 Å². The summed E-state index contributed by atoms with van der Waals surface area (Å²) in [6.07, 6.45) is 0. The molecule has 106 valence electrons. The molecule has 0 bridgehead atoms. The maximum Gasteiger partial charge on any atom is 0.0577 e. The predicted octanol–water partition coefficient (Wildman–Crippen LogP) is 5.87. The summed E-state index contributed by atoms with van der Waals surface area (Å²) in [5.74, 6) is 0. The summed E-state index contributed by atoms with van der Waals surface area (Å²) in [6, 6.07) is 12.7. The van der Waals surface area contributed by atoms with Gasteiger partial charge in [0.25, 0.3) is 0 Å². The largest absolute Gasteiger partial charge is 0.307 e. The number of benzene rings is 2. The Balaban J connectivity index is 2.46. The quantitative estimate of drug-likeness (QED) is 0.656. The lowest BCUT2D eigenvalue weighted by atomic mass is 9.98. The van der Waals surface area contributed by atoms with Gasteiger partial charge < -0.3 is 5.32 Å². The second kappa shape index (κ2) is 7.08. The van der Waals surface area contributed by atoms with E-state index in [4.69, 9.17) is 11.6 Å². The van der Waals surface area contributed by atoms with Crippen LogP contribution in [0, 0.1) is 6.92 Å². The van der Waals surface area contributed by atoms with Crippen LogP contribution in [-0.2, 0) is 0 Å². The molecule has 20 heavy (non-hydrogen) atoms. The highest BCUT2D eigenvalue weighted by Crippen LogP contribution is 2.30. The van der Waals surface area contributed by atoms with Crippen LogP contribution in [0.25, 0.3) is 0 Å². The predicted molar refractivity (Wildman–Crippen MR) is 93.6 cm³/mol. The van der Waals surface area contributed by atoms with Gasteiger partial charge in [0.1, 0.15) is 0 Å². The number of nitrogens with one attached hydrogen (secondary N) is 1. The Labute approximate surface area is 142 Å². The van der Waals surface area contributed by atoms with E-state index in [0.29, 0.717) is 0 Å². The van der Waals surface area contributed by atoms with Crippen LogP contribution in [-0.4, -0.2) is 6.54 Å². The molecule has 0 aliphatic carbocycles. The van der Waals surface area contributed by atoms with Gasteiger partial charge in [-0.3, -0.25) is 0 Å². The van der Waals surface area contributed by atoms with Crippen LogP contribution in [0.2, 0.25) is 5.02 Å². The van der Waals surface area contributed by atoms with Gasteiger partial charge in [0, 0.05) is 14.0 Å². The lowest BCUT2D eigenvalue weighted by molar-refractivity contribution is 0.630. The van der Waals surface area contributed by atoms with E-state index in [1.54, 1.807) is 0 Å². The number of hydrogen-bond donors (Lipinski definition) is 1. The van der Waals surface area contributed by atoms with Crippen LogP contribution in [0.1, 0.15) is 29.7 Å². The van der Waals surface area contributed by atoms with Crippen molar-refractivity contribution in [2.24, 2.45) is 0 Å². The fraction of sp³-hybridized carbons (Fsp3) is 0.250. The number of rotatable bonds is 4. The molecule has 0 amide bonds. The summed E-state index contributed by atoms with van der Waals surface area (Å²) < 4.78 is 2.12. The van der Waals surface area contributed by atoms with Crippen LogP contribution in [0.15, 0.2) is 45.3 Å². The fourth-order valence-electron chi connectivity index (χ4n) is 2.16. The molecule has 2 aromatic carbocycles. The maximum atomic E-state index is 6.26. The van der Waals surface area contributed by atoms with Crippen LogP contribution in [0.3, 0.4) is 0 Å². The third-order valence-corrected chi connectivity index (χ3v) is 4.48. The lowest BCUT2D eigenvalue weighted by Gasteiger charge is -2.20. The van der Waals surface area contributed by atoms with Crippen molar-refractivity contribution in [2.75, 3.05) is 6.54 Å². The van der Waals surface area contributed by atoms with Crippen LogP contribution in [0.4, 0.5) is 0 Å². The first-order valence-electron chi connectivity index (χ1n) is 6.46. The molecule has 0 aliphatic heterocycles. The summed E-state index contributed by atoms with van der Waals surface area (Å²) >= 11 is 13.4. The van der Waals surface area contributed by atoms with Crippen LogP contribution < -0.4 is 5.32 Å². The Bertz CT molecular complexity index is 593. The lowest BCUT2D eigenvalue weighted by Crippen LogP contribution is -2.22. The molecule has 0 aliphatic rings. The van der Waals surface area contributed by atoms with Crippen molar-refractivity contribution in [1.29, 1.82) is 0 Å². The minimum Gasteiger partial charge on any atom is -0.307 e. The molecule has 0 radical (unpaired) electrons. The van der Waals surface area contributed by atoms with Gasteiger partial charge in [0.2, 0.25) is 0 Å². The summed E-state index contributed by atoms with van der Waals surface area (Å²) in [5.41, 5.74) is 3.47. The zero-order valence-electron chi connectivity index (χ0n) is 11.4. The van der Waals surface area contributed by atoms with Crippen molar-refractivity contribution in [2.45, 2.75) is 19.9 Å². The molecule has 4 heteroatoms. The topological polar surface area (TPSA) is 12.0 Å². The van der Waals surface area contributed by atoms with Crippen molar-refractivity contribution in [3.63, 3.8) is 0 Å². The van der Waals surface area contributed by atoms with E-state index in [0.717, 1.165) is 26.1 Å². The third-order valence-electron chi connectivity index (χ3n) is 3.16. The molecule has 0 fully saturated rings. The molecule has 1 unspecified atom stereocenters. The summed E-state index contributed by atoms with van der Waals surface area (Å²) in [5, 5.41) is 4.32. The smallest absolute Gasteiger partial charge is 0.0577 e. The third kappa shape index (κ3) is 3.85. The van der Waals surface area contributed by atoms with Crippen molar-refractivity contribution >= 4 is 43.5 Å². The summed E-state index contributed by atoms with van der Waals surface area (Å²) in [4.78, 5) is 0. The van der Waals surface area contributed by atoms with Gasteiger partial charge in [-0.25, -0.2) is 0 Å². The first kappa shape index (κ1) is 16.0. The SMILES string of the molecule is CCNC(c1cc(Br)cc(Br)c1)c1ccc(C)c(Cl)c1. The van der Waals surface area contributed by atoms with Gasteiger partial charge in [0.05, 0.1) is 6.04 Å². The van der Waals surface area contributed by atoms with Gasteiger partial charge in [-0.2, -0.15) is 0 Å². The number of hydrogen-bond acceptors (Lipinski definition) is 1. The zero-order valence-corrected chi connectivity index (χ0v) is 15.3. The van der Waals surface area contributed by atoms with Crippen molar-refractivity contribution in [3.8, 4) is 0 Å². The van der Waals surface area contributed by atoms with Gasteiger partial charge in [-0.1, -0.05) is 62.5 Å². The van der Waals surface area contributed by atoms with Gasteiger partial charge in [-0.05, 0) is 54.4 Å². The molecule has 2 aromatic rings. The molecule has 1 N–H and O–H groups in total. The average Bonchev–Trinajstić information content (AvgIpc) is 2.38. The molecule has 1 atom stereocenters. The Morgan fingerprint density at radius 1 is 1.05 bits per heavy atom. The standard InChI is InChI=1S/C16H16Br2ClN/c1-3-20-16(11-5-4-10(2)15(19)8-11)12-6-13(17)9-14(18)7-12/h4-9,16,20H,3H2,1-2H3. The second-order valence-corrected chi connectivity index (χ2v) is 6.94. The zero-order chi connectivity index (χ0) is 14.7. The first-order chi connectivity index (χ1) is 9.51. The Kier molecular flexibility index (Phi) is 5.67. The van der Waals surface area contributed by atoms with E-state index in [1.807, 2.05) is 19.1 Å². The summed E-state index contributed by atoms with van der Waals surface area (Å²) in [7, 11) is 0. The Hall–Kier alpha value is -0.350. The van der Waals surface area contributed by atoms with E-state index in [-0.39, 0.29) is 6.04 Å². The molecular formula is C16H16Br2ClN. The van der Waals surface area contributed by atoms with Crippen molar-refractivity contribution in [1.82, 2.24) is 5.32 Å². The number of aryl methyl sites for hydroxylation is 1. The maximum absolute atomic E-state index is 6.26. The van der Waals surface area contributed by atoms with Gasteiger partial charge in [-0.15, -0.1) is 0 Å². The van der Waals surface area contributed by atoms with E-state index in [2.05, 4.69) is 68.4 Å². The van der Waals surface area contributed by atoms with Crippen molar-refractivity contribution in [3.05, 3.63) is 67.1 Å². The molecule has 0 spiro atoms. The highest BCUT2D eigenvalue weighted by molar-refractivity contribution is 9.11. The highest BCUT2D eigenvalue weighted by atomic mass is 79.9. The Morgan fingerprint density at radius 2 is 1.70 bits per heavy atom. The molecule has 2 rings (SSSR count). The average molecular weight is 418 g/mol. The number of halogens is 3. The molecule has 0 saturated heterocycles. The van der Waals surface area contributed by atoms with E-state index in [1.165, 1.54) is 11.1 Å². The fourth-order valence-corrected chi connectivity index (χ4v) is 3.68. The summed E-state index contributed by atoms with van der Waals surface area (Å²) in [6.45, 7) is 5.01. The monoisotopic (exact) mass is 415 g/mol. The minimum absolute atomic E-state index is 0.131. The van der Waals surface area contributed by atoms with Crippen LogP contribution >= 0.6 is 43.5 Å². The normalized spacial score (nSPS) is 12.4. The molecule has 0 heterocycles. The van der Waals surface area contributed by atoms with E-state index >= 15 is 0 Å². The van der Waals surface area contributed by atoms with E-state index < -0.39 is 0 Å². The van der Waals surface area contributed by atoms with Gasteiger partial charge in [0.15, 0.2) is 0 Å². The molecular weight excluding hydrogens is 401 g/mol. The van der Waals surface area contributed by atoms with Gasteiger partial charge >= 0.3 is 0 Å². The van der Waals surface area contributed by atoms with E-state index in [9.17, 15) is 0 Å². The molecule has 0 saturated carbocycles. The highest BCUT2D eigenvalue weighted by Gasteiger charge is 2.15. The Morgan fingerprint density at radius 3 is 2.25 bits per heavy atom. The van der Waals surface area contributed by atoms with Crippen LogP contribution in [0.5, 0.6) is 0 Å². The second-order valence-electron chi connectivity index (χ2n) is 4.70.